The molecule has 130 valence electrons. The summed E-state index contributed by atoms with van der Waals surface area (Å²) in [6.45, 7) is 4.42. The summed E-state index contributed by atoms with van der Waals surface area (Å²) in [7, 11) is 1.66. The zero-order chi connectivity index (χ0) is 17.5. The van der Waals surface area contributed by atoms with Crippen molar-refractivity contribution in [1.29, 1.82) is 0 Å². The summed E-state index contributed by atoms with van der Waals surface area (Å²) in [6, 6.07) is 5.20. The molecular weight excluding hydrogens is 306 g/mol. The number of aromatic hydroxyl groups is 1. The highest BCUT2D eigenvalue weighted by Gasteiger charge is 2.16. The Morgan fingerprint density at radius 2 is 2.04 bits per heavy atom. The first kappa shape index (κ1) is 17.9. The smallest absolute Gasteiger partial charge is 0.297 e. The van der Waals surface area contributed by atoms with Gasteiger partial charge in [-0.05, 0) is 25.5 Å². The highest BCUT2D eigenvalue weighted by Crippen LogP contribution is 2.33. The molecule has 0 bridgehead atoms. The Kier molecular flexibility index (Phi) is 6.29. The SMILES string of the molecule is CC=COc1ccc2c(O)c(OCCCCCC)c(=O)n(C)c2c1. The van der Waals surface area contributed by atoms with E-state index in [1.807, 2.05) is 6.92 Å². The largest absolute Gasteiger partial charge is 0.504 e. The van der Waals surface area contributed by atoms with Crippen molar-refractivity contribution in [3.05, 3.63) is 40.9 Å². The molecule has 0 spiro atoms. The van der Waals surface area contributed by atoms with Crippen LogP contribution in [-0.2, 0) is 7.05 Å². The number of unbranched alkanes of at least 4 members (excludes halogenated alkanes) is 3. The topological polar surface area (TPSA) is 60.7 Å². The summed E-state index contributed by atoms with van der Waals surface area (Å²) in [5.41, 5.74) is 0.247. The first-order chi connectivity index (χ1) is 11.6. The van der Waals surface area contributed by atoms with Crippen LogP contribution in [-0.4, -0.2) is 16.3 Å². The molecule has 24 heavy (non-hydrogen) atoms. The molecule has 0 saturated carbocycles. The predicted molar refractivity (Wildman–Crippen MR) is 95.9 cm³/mol. The molecular formula is C19H25NO4. The summed E-state index contributed by atoms with van der Waals surface area (Å²) in [4.78, 5) is 12.5. The van der Waals surface area contributed by atoms with Gasteiger partial charge in [-0.1, -0.05) is 32.3 Å². The lowest BCUT2D eigenvalue weighted by Gasteiger charge is -2.13. The first-order valence-electron chi connectivity index (χ1n) is 8.36. The van der Waals surface area contributed by atoms with Crippen LogP contribution in [0.2, 0.25) is 0 Å². The second kappa shape index (κ2) is 8.43. The molecule has 0 atom stereocenters. The molecule has 0 radical (unpaired) electrons. The fourth-order valence-electron chi connectivity index (χ4n) is 2.53. The third-order valence-electron chi connectivity index (χ3n) is 3.88. The predicted octanol–water partition coefficient (Wildman–Crippen LogP) is 4.12. The fraction of sp³-hybridized carbons (Fsp3) is 0.421. The molecule has 0 unspecified atom stereocenters. The number of aryl methyl sites for hydroxylation is 1. The molecule has 2 aromatic rings. The van der Waals surface area contributed by atoms with E-state index in [4.69, 9.17) is 9.47 Å². The van der Waals surface area contributed by atoms with Crippen molar-refractivity contribution in [2.75, 3.05) is 6.61 Å². The number of pyridine rings is 1. The van der Waals surface area contributed by atoms with Gasteiger partial charge in [-0.2, -0.15) is 0 Å². The van der Waals surface area contributed by atoms with Gasteiger partial charge in [-0.25, -0.2) is 0 Å². The van der Waals surface area contributed by atoms with E-state index in [2.05, 4.69) is 6.92 Å². The van der Waals surface area contributed by atoms with Crippen LogP contribution in [0.3, 0.4) is 0 Å². The van der Waals surface area contributed by atoms with E-state index in [1.54, 1.807) is 37.6 Å². The minimum Gasteiger partial charge on any atom is -0.504 e. The minimum atomic E-state index is -0.348. The molecule has 1 aromatic carbocycles. The average molecular weight is 331 g/mol. The summed E-state index contributed by atoms with van der Waals surface area (Å²) in [5, 5.41) is 11.0. The van der Waals surface area contributed by atoms with Crippen LogP contribution in [0.5, 0.6) is 17.2 Å². The van der Waals surface area contributed by atoms with Crippen molar-refractivity contribution in [1.82, 2.24) is 4.57 Å². The van der Waals surface area contributed by atoms with Crippen molar-refractivity contribution in [2.24, 2.45) is 7.05 Å². The Morgan fingerprint density at radius 1 is 1.25 bits per heavy atom. The second-order valence-corrected chi connectivity index (χ2v) is 5.72. The van der Waals surface area contributed by atoms with Gasteiger partial charge in [0.2, 0.25) is 5.75 Å². The van der Waals surface area contributed by atoms with E-state index < -0.39 is 0 Å². The maximum absolute atomic E-state index is 12.5. The highest BCUT2D eigenvalue weighted by molar-refractivity contribution is 5.88. The molecule has 0 saturated heterocycles. The Morgan fingerprint density at radius 3 is 2.75 bits per heavy atom. The zero-order valence-electron chi connectivity index (χ0n) is 14.5. The number of rotatable bonds is 8. The Bertz CT molecular complexity index is 777. The number of hydrogen-bond acceptors (Lipinski definition) is 4. The average Bonchev–Trinajstić information content (AvgIpc) is 2.60. The molecule has 1 heterocycles. The number of hydrogen-bond donors (Lipinski definition) is 1. The summed E-state index contributed by atoms with van der Waals surface area (Å²) < 4.78 is 12.5. The minimum absolute atomic E-state index is 0.0172. The van der Waals surface area contributed by atoms with Crippen molar-refractivity contribution >= 4 is 10.9 Å². The summed E-state index contributed by atoms with van der Waals surface area (Å²) in [6.07, 6.45) is 7.53. The summed E-state index contributed by atoms with van der Waals surface area (Å²) >= 11 is 0. The van der Waals surface area contributed by atoms with Crippen molar-refractivity contribution in [3.8, 4) is 17.2 Å². The molecule has 0 aliphatic carbocycles. The number of aromatic nitrogens is 1. The van der Waals surface area contributed by atoms with Crippen LogP contribution in [0.25, 0.3) is 10.9 Å². The lowest BCUT2D eigenvalue weighted by atomic mass is 10.1. The molecule has 1 N–H and O–H groups in total. The van der Waals surface area contributed by atoms with Gasteiger partial charge < -0.3 is 19.1 Å². The maximum atomic E-state index is 12.5. The van der Waals surface area contributed by atoms with Crippen LogP contribution in [0.1, 0.15) is 39.5 Å². The van der Waals surface area contributed by atoms with E-state index in [0.29, 0.717) is 23.3 Å². The van der Waals surface area contributed by atoms with Crippen molar-refractivity contribution < 1.29 is 14.6 Å². The number of ether oxygens (including phenoxy) is 2. The summed E-state index contributed by atoms with van der Waals surface area (Å²) in [5.74, 6) is 0.507. The number of allylic oxidation sites excluding steroid dienone is 1. The third kappa shape index (κ3) is 3.91. The molecule has 0 aliphatic heterocycles. The Balaban J connectivity index is 2.32. The highest BCUT2D eigenvalue weighted by atomic mass is 16.5. The maximum Gasteiger partial charge on any atom is 0.297 e. The van der Waals surface area contributed by atoms with Gasteiger partial charge in [-0.15, -0.1) is 0 Å². The standard InChI is InChI=1S/C19H25NO4/c1-4-6-7-8-12-24-18-17(21)15-10-9-14(23-11-5-2)13-16(15)20(3)19(18)22/h5,9-11,13,21H,4,6-8,12H2,1-3H3. The van der Waals surface area contributed by atoms with Crippen LogP contribution in [0.4, 0.5) is 0 Å². The van der Waals surface area contributed by atoms with Gasteiger partial charge >= 0.3 is 0 Å². The van der Waals surface area contributed by atoms with E-state index in [0.717, 1.165) is 25.7 Å². The number of fused-ring (bicyclic) bond motifs is 1. The van der Waals surface area contributed by atoms with Gasteiger partial charge in [-0.3, -0.25) is 4.79 Å². The van der Waals surface area contributed by atoms with Gasteiger partial charge in [0, 0.05) is 18.5 Å². The first-order valence-corrected chi connectivity index (χ1v) is 8.36. The van der Waals surface area contributed by atoms with E-state index >= 15 is 0 Å². The van der Waals surface area contributed by atoms with Gasteiger partial charge in [0.25, 0.3) is 5.56 Å². The normalized spacial score (nSPS) is 11.3. The quantitative estimate of drug-likeness (QED) is 0.584. The molecule has 0 amide bonds. The lowest BCUT2D eigenvalue weighted by Crippen LogP contribution is -2.20. The third-order valence-corrected chi connectivity index (χ3v) is 3.88. The van der Waals surface area contributed by atoms with E-state index in [1.165, 1.54) is 4.57 Å². The molecule has 1 aromatic heterocycles. The van der Waals surface area contributed by atoms with Gasteiger partial charge in [0.1, 0.15) is 5.75 Å². The zero-order valence-corrected chi connectivity index (χ0v) is 14.5. The Labute approximate surface area is 142 Å². The fourth-order valence-corrected chi connectivity index (χ4v) is 2.53. The molecule has 2 rings (SSSR count). The molecule has 0 aliphatic rings. The van der Waals surface area contributed by atoms with Crippen LogP contribution < -0.4 is 15.0 Å². The molecule has 5 nitrogen and oxygen atoms in total. The van der Waals surface area contributed by atoms with Crippen molar-refractivity contribution in [2.45, 2.75) is 39.5 Å². The number of nitrogens with zero attached hydrogens (tertiary/aromatic N) is 1. The lowest BCUT2D eigenvalue weighted by molar-refractivity contribution is 0.285. The Hall–Kier alpha value is -2.43. The van der Waals surface area contributed by atoms with E-state index in [9.17, 15) is 9.90 Å². The molecule has 0 fully saturated rings. The second-order valence-electron chi connectivity index (χ2n) is 5.72. The molecule has 5 heteroatoms. The van der Waals surface area contributed by atoms with Gasteiger partial charge in [0.05, 0.1) is 18.4 Å². The van der Waals surface area contributed by atoms with Crippen LogP contribution >= 0.6 is 0 Å². The van der Waals surface area contributed by atoms with Crippen molar-refractivity contribution in [3.63, 3.8) is 0 Å². The van der Waals surface area contributed by atoms with E-state index in [-0.39, 0.29) is 17.1 Å². The number of benzene rings is 1. The monoisotopic (exact) mass is 331 g/mol. The van der Waals surface area contributed by atoms with Crippen LogP contribution in [0, 0.1) is 0 Å². The van der Waals surface area contributed by atoms with Gasteiger partial charge in [0.15, 0.2) is 5.75 Å². The van der Waals surface area contributed by atoms with Crippen LogP contribution in [0.15, 0.2) is 35.3 Å².